The second kappa shape index (κ2) is 9.60. The number of nitrogens with one attached hydrogen (secondary N) is 1. The first-order valence-corrected chi connectivity index (χ1v) is 7.54. The molecule has 1 fully saturated rings. The summed E-state index contributed by atoms with van der Waals surface area (Å²) in [5.74, 6) is -5.49. The molecular formula is C14H20N2O8. The Morgan fingerprint density at radius 3 is 2.38 bits per heavy atom. The zero-order valence-corrected chi connectivity index (χ0v) is 13.3. The minimum Gasteiger partial charge on any atom is -0.359 e. The Morgan fingerprint density at radius 1 is 1.17 bits per heavy atom. The Labute approximate surface area is 137 Å². The molecule has 10 heteroatoms. The molecular weight excluding hydrogens is 324 g/mol. The molecule has 1 aliphatic rings. The highest BCUT2D eigenvalue weighted by atomic mass is 17.1. The summed E-state index contributed by atoms with van der Waals surface area (Å²) in [4.78, 5) is 65.1. The summed E-state index contributed by atoms with van der Waals surface area (Å²) in [7, 11) is 1.56. The fraction of sp³-hybridized carbons (Fsp3) is 0.643. The topological polar surface area (TPSA) is 139 Å². The molecule has 0 saturated carbocycles. The summed E-state index contributed by atoms with van der Waals surface area (Å²) in [5.41, 5.74) is 0. The average Bonchev–Trinajstić information content (AvgIpc) is 2.85. The minimum absolute atomic E-state index is 0.00779. The van der Waals surface area contributed by atoms with Gasteiger partial charge in [0.1, 0.15) is 0 Å². The average molecular weight is 344 g/mol. The van der Waals surface area contributed by atoms with E-state index in [2.05, 4.69) is 15.0 Å². The molecule has 1 aliphatic heterocycles. The van der Waals surface area contributed by atoms with Gasteiger partial charge in [-0.05, 0) is 12.8 Å². The molecule has 0 spiro atoms. The van der Waals surface area contributed by atoms with E-state index < -0.39 is 36.1 Å². The lowest BCUT2D eigenvalue weighted by Crippen LogP contribution is -2.35. The van der Waals surface area contributed by atoms with Crippen molar-refractivity contribution >= 4 is 29.7 Å². The van der Waals surface area contributed by atoms with Gasteiger partial charge in [-0.1, -0.05) is 12.8 Å². The molecule has 24 heavy (non-hydrogen) atoms. The van der Waals surface area contributed by atoms with Crippen LogP contribution in [0.3, 0.4) is 0 Å². The SMILES string of the molecule is CNC(=O)CCCCCCC(=O)ON1C(=O)CC(C(=O)OO)C1=O. The molecule has 1 saturated heterocycles. The van der Waals surface area contributed by atoms with Crippen molar-refractivity contribution in [2.24, 2.45) is 5.92 Å². The summed E-state index contributed by atoms with van der Waals surface area (Å²) < 4.78 is 0. The number of hydroxylamine groups is 2. The number of hydrogen-bond acceptors (Lipinski definition) is 8. The summed E-state index contributed by atoms with van der Waals surface area (Å²) in [5, 5.41) is 11.0. The van der Waals surface area contributed by atoms with Crippen molar-refractivity contribution in [3.8, 4) is 0 Å². The number of imide groups is 1. The number of amides is 3. The number of nitrogens with zero attached hydrogens (tertiary/aromatic N) is 1. The number of hydrogen-bond donors (Lipinski definition) is 2. The van der Waals surface area contributed by atoms with Gasteiger partial charge in [0.25, 0.3) is 11.8 Å². The summed E-state index contributed by atoms with van der Waals surface area (Å²) in [6, 6.07) is 0. The second-order valence-corrected chi connectivity index (χ2v) is 5.24. The van der Waals surface area contributed by atoms with Crippen molar-refractivity contribution < 1.29 is 39.0 Å². The van der Waals surface area contributed by atoms with E-state index in [1.165, 1.54) is 0 Å². The molecule has 1 atom stereocenters. The van der Waals surface area contributed by atoms with E-state index >= 15 is 0 Å². The second-order valence-electron chi connectivity index (χ2n) is 5.24. The maximum atomic E-state index is 11.7. The lowest BCUT2D eigenvalue weighted by Gasteiger charge is -2.13. The molecule has 10 nitrogen and oxygen atoms in total. The summed E-state index contributed by atoms with van der Waals surface area (Å²) >= 11 is 0. The van der Waals surface area contributed by atoms with Gasteiger partial charge in [0.15, 0.2) is 5.92 Å². The quantitative estimate of drug-likeness (QED) is 0.195. The van der Waals surface area contributed by atoms with Crippen LogP contribution in [-0.4, -0.2) is 47.0 Å². The molecule has 0 aliphatic carbocycles. The summed E-state index contributed by atoms with van der Waals surface area (Å²) in [6.07, 6.45) is 2.50. The van der Waals surface area contributed by atoms with Crippen LogP contribution in [-0.2, 0) is 33.7 Å². The van der Waals surface area contributed by atoms with Crippen molar-refractivity contribution in [2.45, 2.75) is 44.9 Å². The zero-order chi connectivity index (χ0) is 18.1. The molecule has 0 aromatic rings. The molecule has 3 amide bonds. The summed E-state index contributed by atoms with van der Waals surface area (Å²) in [6.45, 7) is 0. The van der Waals surface area contributed by atoms with E-state index in [0.717, 1.165) is 6.42 Å². The Bertz CT molecular complexity index is 519. The van der Waals surface area contributed by atoms with Gasteiger partial charge in [0.05, 0.1) is 6.42 Å². The van der Waals surface area contributed by atoms with Crippen molar-refractivity contribution in [3.63, 3.8) is 0 Å². The highest BCUT2D eigenvalue weighted by Crippen LogP contribution is 2.21. The molecule has 1 unspecified atom stereocenters. The van der Waals surface area contributed by atoms with Gasteiger partial charge in [0, 0.05) is 19.9 Å². The van der Waals surface area contributed by atoms with Gasteiger partial charge in [-0.15, -0.1) is 5.06 Å². The van der Waals surface area contributed by atoms with Crippen molar-refractivity contribution in [1.29, 1.82) is 0 Å². The van der Waals surface area contributed by atoms with Crippen LogP contribution >= 0.6 is 0 Å². The van der Waals surface area contributed by atoms with Gasteiger partial charge in [-0.25, -0.2) is 9.59 Å². The van der Waals surface area contributed by atoms with Crippen LogP contribution < -0.4 is 5.32 Å². The maximum absolute atomic E-state index is 11.7. The molecule has 0 bridgehead atoms. The first-order valence-electron chi connectivity index (χ1n) is 7.54. The molecule has 0 radical (unpaired) electrons. The lowest BCUT2D eigenvalue weighted by atomic mass is 10.1. The van der Waals surface area contributed by atoms with Crippen LogP contribution in [0.5, 0.6) is 0 Å². The Morgan fingerprint density at radius 2 is 1.79 bits per heavy atom. The van der Waals surface area contributed by atoms with Crippen molar-refractivity contribution in [3.05, 3.63) is 0 Å². The number of carbonyl (C=O) groups excluding carboxylic acids is 5. The standard InChI is InChI=1S/C14H20N2O8/c1-15-10(17)6-4-2-3-5-7-12(19)23-16-11(18)8-9(13(16)20)14(21)24-22/h9,22H,2-8H2,1H3,(H,15,17). The monoisotopic (exact) mass is 344 g/mol. The molecule has 0 aromatic carbocycles. The normalized spacial score (nSPS) is 16.9. The van der Waals surface area contributed by atoms with E-state index in [1.54, 1.807) is 7.05 Å². The number of unbranched alkanes of at least 4 members (excludes halogenated alkanes) is 3. The van der Waals surface area contributed by atoms with Gasteiger partial charge >= 0.3 is 11.9 Å². The van der Waals surface area contributed by atoms with Gasteiger partial charge in [0.2, 0.25) is 5.91 Å². The fourth-order valence-corrected chi connectivity index (χ4v) is 2.13. The maximum Gasteiger partial charge on any atom is 0.355 e. The highest BCUT2D eigenvalue weighted by Gasteiger charge is 2.46. The number of carbonyl (C=O) groups is 5. The zero-order valence-electron chi connectivity index (χ0n) is 13.3. The van der Waals surface area contributed by atoms with Crippen LogP contribution in [0.1, 0.15) is 44.9 Å². The Kier molecular flexibility index (Phi) is 7.83. The van der Waals surface area contributed by atoms with Gasteiger partial charge in [-0.3, -0.25) is 14.4 Å². The molecule has 1 rings (SSSR count). The first kappa shape index (κ1) is 19.6. The molecule has 1 heterocycles. The Hall–Kier alpha value is -2.49. The van der Waals surface area contributed by atoms with E-state index in [-0.39, 0.29) is 17.4 Å². The van der Waals surface area contributed by atoms with Gasteiger partial charge < -0.3 is 15.0 Å². The van der Waals surface area contributed by atoms with Crippen LogP contribution in [0.15, 0.2) is 0 Å². The van der Waals surface area contributed by atoms with Crippen molar-refractivity contribution in [1.82, 2.24) is 10.4 Å². The third kappa shape index (κ3) is 5.61. The minimum atomic E-state index is -1.50. The van der Waals surface area contributed by atoms with E-state index in [0.29, 0.717) is 25.7 Å². The van der Waals surface area contributed by atoms with Crippen LogP contribution in [0.25, 0.3) is 0 Å². The van der Waals surface area contributed by atoms with E-state index in [9.17, 15) is 24.0 Å². The van der Waals surface area contributed by atoms with Gasteiger partial charge in [-0.2, -0.15) is 5.26 Å². The smallest absolute Gasteiger partial charge is 0.355 e. The van der Waals surface area contributed by atoms with Crippen LogP contribution in [0.4, 0.5) is 0 Å². The fourth-order valence-electron chi connectivity index (χ4n) is 2.13. The largest absolute Gasteiger partial charge is 0.359 e. The predicted molar refractivity (Wildman–Crippen MR) is 76.5 cm³/mol. The van der Waals surface area contributed by atoms with E-state index in [1.807, 2.05) is 0 Å². The Balaban J connectivity index is 2.28. The first-order chi connectivity index (χ1) is 11.4. The third-order valence-corrected chi connectivity index (χ3v) is 3.48. The molecule has 134 valence electrons. The lowest BCUT2D eigenvalue weighted by molar-refractivity contribution is -0.239. The van der Waals surface area contributed by atoms with Crippen LogP contribution in [0, 0.1) is 5.92 Å². The molecule has 0 aromatic heterocycles. The number of rotatable bonds is 9. The molecule has 2 N–H and O–H groups in total. The van der Waals surface area contributed by atoms with E-state index in [4.69, 9.17) is 5.26 Å². The third-order valence-electron chi connectivity index (χ3n) is 3.48. The van der Waals surface area contributed by atoms with Crippen LogP contribution in [0.2, 0.25) is 0 Å². The van der Waals surface area contributed by atoms with Crippen molar-refractivity contribution in [2.75, 3.05) is 7.05 Å². The predicted octanol–water partition coefficient (Wildman–Crippen LogP) is -0.0775. The highest BCUT2D eigenvalue weighted by molar-refractivity contribution is 6.12.